The molecule has 3 nitrogen and oxygen atoms in total. The minimum atomic E-state index is -4.64. The highest BCUT2D eigenvalue weighted by atomic mass is 19.4. The SMILES string of the molecule is COc1ccc2c(c1F)CCCC2/N=c1/c(F)cc(C(F)(F)F)cn1C. The first-order valence-electron chi connectivity index (χ1n) is 8.05. The number of pyridine rings is 1. The average molecular weight is 372 g/mol. The predicted molar refractivity (Wildman–Crippen MR) is 84.6 cm³/mol. The van der Waals surface area contributed by atoms with Crippen molar-refractivity contribution in [1.29, 1.82) is 0 Å². The van der Waals surface area contributed by atoms with Crippen molar-refractivity contribution in [3.05, 3.63) is 58.2 Å². The van der Waals surface area contributed by atoms with Crippen LogP contribution in [0.5, 0.6) is 5.75 Å². The quantitative estimate of drug-likeness (QED) is 0.722. The summed E-state index contributed by atoms with van der Waals surface area (Å²) >= 11 is 0. The summed E-state index contributed by atoms with van der Waals surface area (Å²) in [6.45, 7) is 0. The number of alkyl halides is 3. The molecule has 0 bridgehead atoms. The summed E-state index contributed by atoms with van der Waals surface area (Å²) in [6, 6.07) is 3.05. The van der Waals surface area contributed by atoms with E-state index >= 15 is 0 Å². The maximum Gasteiger partial charge on any atom is 0.417 e. The van der Waals surface area contributed by atoms with E-state index in [0.717, 1.165) is 10.8 Å². The van der Waals surface area contributed by atoms with E-state index < -0.39 is 29.4 Å². The molecule has 140 valence electrons. The van der Waals surface area contributed by atoms with Gasteiger partial charge < -0.3 is 9.30 Å². The van der Waals surface area contributed by atoms with Gasteiger partial charge in [0.15, 0.2) is 22.9 Å². The van der Waals surface area contributed by atoms with Crippen LogP contribution in [0.2, 0.25) is 0 Å². The van der Waals surface area contributed by atoms with E-state index in [4.69, 9.17) is 4.74 Å². The van der Waals surface area contributed by atoms with Crippen molar-refractivity contribution in [3.63, 3.8) is 0 Å². The molecule has 0 fully saturated rings. The topological polar surface area (TPSA) is 26.5 Å². The van der Waals surface area contributed by atoms with Crippen LogP contribution < -0.4 is 10.2 Å². The Labute approximate surface area is 146 Å². The van der Waals surface area contributed by atoms with E-state index in [1.54, 1.807) is 6.07 Å². The molecule has 1 aliphatic rings. The smallest absolute Gasteiger partial charge is 0.417 e. The fourth-order valence-electron chi connectivity index (χ4n) is 3.23. The molecule has 0 amide bonds. The fourth-order valence-corrected chi connectivity index (χ4v) is 3.23. The van der Waals surface area contributed by atoms with Crippen molar-refractivity contribution >= 4 is 0 Å². The number of benzene rings is 1. The van der Waals surface area contributed by atoms with Gasteiger partial charge in [0.2, 0.25) is 0 Å². The minimum absolute atomic E-state index is 0.121. The van der Waals surface area contributed by atoms with Crippen molar-refractivity contribution in [1.82, 2.24) is 4.57 Å². The number of aromatic nitrogens is 1. The monoisotopic (exact) mass is 372 g/mol. The summed E-state index contributed by atoms with van der Waals surface area (Å²) in [7, 11) is 2.67. The third kappa shape index (κ3) is 3.32. The third-order valence-corrected chi connectivity index (χ3v) is 4.50. The minimum Gasteiger partial charge on any atom is -0.494 e. The molecular weight excluding hydrogens is 355 g/mol. The van der Waals surface area contributed by atoms with Gasteiger partial charge in [-0.3, -0.25) is 4.99 Å². The second-order valence-electron chi connectivity index (χ2n) is 6.20. The van der Waals surface area contributed by atoms with Crippen LogP contribution in [0.25, 0.3) is 0 Å². The van der Waals surface area contributed by atoms with Crippen molar-refractivity contribution in [2.45, 2.75) is 31.5 Å². The van der Waals surface area contributed by atoms with Gasteiger partial charge in [-0.1, -0.05) is 6.07 Å². The zero-order valence-electron chi connectivity index (χ0n) is 14.2. The fraction of sp³-hybridized carbons (Fsp3) is 0.389. The van der Waals surface area contributed by atoms with Crippen LogP contribution in [0.4, 0.5) is 22.0 Å². The number of nitrogens with zero attached hydrogens (tertiary/aromatic N) is 2. The van der Waals surface area contributed by atoms with Gasteiger partial charge in [0.05, 0.1) is 18.7 Å². The number of aryl methyl sites for hydroxylation is 1. The molecule has 26 heavy (non-hydrogen) atoms. The maximum atomic E-state index is 14.4. The summed E-state index contributed by atoms with van der Waals surface area (Å²) in [5.41, 5.74) is -0.225. The molecule has 1 aromatic heterocycles. The average Bonchev–Trinajstić information content (AvgIpc) is 2.58. The molecule has 0 saturated heterocycles. The Kier molecular flexibility index (Phi) is 4.77. The lowest BCUT2D eigenvalue weighted by atomic mass is 9.87. The summed E-state index contributed by atoms with van der Waals surface area (Å²) in [5, 5.41) is 0. The number of fused-ring (bicyclic) bond motifs is 1. The maximum absolute atomic E-state index is 14.4. The Morgan fingerprint density at radius 3 is 2.58 bits per heavy atom. The summed E-state index contributed by atoms with van der Waals surface area (Å²) in [6.07, 6.45) is -2.16. The van der Waals surface area contributed by atoms with E-state index in [1.807, 2.05) is 0 Å². The van der Waals surface area contributed by atoms with Crippen LogP contribution >= 0.6 is 0 Å². The molecule has 1 aliphatic carbocycles. The molecular formula is C18H17F5N2O. The van der Waals surface area contributed by atoms with E-state index in [2.05, 4.69) is 4.99 Å². The zero-order chi connectivity index (χ0) is 19.1. The lowest BCUT2D eigenvalue weighted by Gasteiger charge is -2.24. The highest BCUT2D eigenvalue weighted by Gasteiger charge is 2.32. The van der Waals surface area contributed by atoms with E-state index in [-0.39, 0.29) is 11.2 Å². The van der Waals surface area contributed by atoms with Gasteiger partial charge in [-0.2, -0.15) is 13.2 Å². The Bertz CT molecular complexity index is 875. The molecule has 0 aliphatic heterocycles. The van der Waals surface area contributed by atoms with Gasteiger partial charge in [-0.25, -0.2) is 8.78 Å². The number of rotatable bonds is 2. The number of halogens is 5. The first kappa shape index (κ1) is 18.4. The van der Waals surface area contributed by atoms with Crippen LogP contribution in [-0.4, -0.2) is 11.7 Å². The molecule has 2 aromatic rings. The molecule has 0 radical (unpaired) electrons. The van der Waals surface area contributed by atoms with E-state index in [0.29, 0.717) is 36.5 Å². The zero-order valence-corrected chi connectivity index (χ0v) is 14.2. The highest BCUT2D eigenvalue weighted by Crippen LogP contribution is 2.37. The first-order chi connectivity index (χ1) is 12.2. The van der Waals surface area contributed by atoms with E-state index in [9.17, 15) is 22.0 Å². The summed E-state index contributed by atoms with van der Waals surface area (Å²) in [5.74, 6) is -1.42. The number of hydrogen-bond donors (Lipinski definition) is 0. The molecule has 0 spiro atoms. The van der Waals surface area contributed by atoms with Crippen LogP contribution in [-0.2, 0) is 19.6 Å². The predicted octanol–water partition coefficient (Wildman–Crippen LogP) is 4.31. The second-order valence-corrected chi connectivity index (χ2v) is 6.20. The Balaban J connectivity index is 2.10. The van der Waals surface area contributed by atoms with Gasteiger partial charge in [0.25, 0.3) is 0 Å². The van der Waals surface area contributed by atoms with Crippen LogP contribution in [0.3, 0.4) is 0 Å². The number of ether oxygens (including phenoxy) is 1. The van der Waals surface area contributed by atoms with Crippen LogP contribution in [0.15, 0.2) is 29.4 Å². The lowest BCUT2D eigenvalue weighted by molar-refractivity contribution is -0.138. The van der Waals surface area contributed by atoms with Crippen molar-refractivity contribution in [3.8, 4) is 5.75 Å². The molecule has 1 aromatic carbocycles. The first-order valence-corrected chi connectivity index (χ1v) is 8.05. The molecule has 1 atom stereocenters. The second kappa shape index (κ2) is 6.74. The van der Waals surface area contributed by atoms with Crippen molar-refractivity contribution < 1.29 is 26.7 Å². The molecule has 1 unspecified atom stereocenters. The van der Waals surface area contributed by atoms with Gasteiger partial charge in [-0.15, -0.1) is 0 Å². The standard InChI is InChI=1S/C18H17F5N2O/c1-25-9-10(18(21,22)23)8-13(19)17(25)24-14-5-3-4-12-11(14)6-7-15(26-2)16(12)20/h6-9,14H,3-5H2,1-2H3/b24-17-. The largest absolute Gasteiger partial charge is 0.494 e. The van der Waals surface area contributed by atoms with Crippen molar-refractivity contribution in [2.24, 2.45) is 12.0 Å². The van der Waals surface area contributed by atoms with Gasteiger partial charge in [0, 0.05) is 13.2 Å². The van der Waals surface area contributed by atoms with Crippen molar-refractivity contribution in [2.75, 3.05) is 7.11 Å². The number of hydrogen-bond acceptors (Lipinski definition) is 2. The summed E-state index contributed by atoms with van der Waals surface area (Å²) < 4.78 is 73.0. The highest BCUT2D eigenvalue weighted by molar-refractivity contribution is 5.41. The van der Waals surface area contributed by atoms with Gasteiger partial charge in [-0.05, 0) is 42.5 Å². The number of methoxy groups -OCH3 is 1. The van der Waals surface area contributed by atoms with Gasteiger partial charge in [0.1, 0.15) is 0 Å². The Morgan fingerprint density at radius 2 is 1.96 bits per heavy atom. The van der Waals surface area contributed by atoms with Gasteiger partial charge >= 0.3 is 6.18 Å². The third-order valence-electron chi connectivity index (χ3n) is 4.50. The molecule has 3 rings (SSSR count). The Morgan fingerprint density at radius 1 is 1.23 bits per heavy atom. The molecule has 0 N–H and O–H groups in total. The normalized spacial score (nSPS) is 18.0. The Hall–Kier alpha value is -2.38. The van der Waals surface area contributed by atoms with Crippen LogP contribution in [0, 0.1) is 11.6 Å². The lowest BCUT2D eigenvalue weighted by Crippen LogP contribution is -2.26. The molecule has 8 heteroatoms. The molecule has 1 heterocycles. The summed E-state index contributed by atoms with van der Waals surface area (Å²) in [4.78, 5) is 4.29. The van der Waals surface area contributed by atoms with Crippen LogP contribution in [0.1, 0.15) is 35.6 Å². The molecule has 0 saturated carbocycles. The van der Waals surface area contributed by atoms with E-state index in [1.165, 1.54) is 20.2 Å².